The van der Waals surface area contributed by atoms with Crippen LogP contribution in [-0.2, 0) is 4.79 Å². The van der Waals surface area contributed by atoms with E-state index in [1.165, 1.54) is 24.3 Å². The predicted molar refractivity (Wildman–Crippen MR) is 156 cm³/mol. The molecule has 0 heterocycles. The van der Waals surface area contributed by atoms with E-state index in [2.05, 4.69) is 15.8 Å². The van der Waals surface area contributed by atoms with Crippen LogP contribution in [0.1, 0.15) is 46.4 Å². The molecule has 0 unspecified atom stereocenters. The monoisotopic (exact) mass is 572 g/mol. The Morgan fingerprint density at radius 1 is 0.902 bits per heavy atom. The third kappa shape index (κ3) is 7.96. The first kappa shape index (κ1) is 28.9. The lowest BCUT2D eigenvalue weighted by Crippen LogP contribution is -2.21. The standard InChI is InChI=1S/C30H25ClN4O6/c31-22-13-11-19(12-14-22)27(36)18-24(8-4-10-29(38)32-23-7-3-9-25(17-23)35(40)41)33-34-30(39)26-15-20-5-1-2-6-21(20)16-28(26)37/h1-3,5-7,9,11-17,37H,4,8,10,18H2,(H,32,38)(H,34,39)/b33-24-. The number of phenols is 1. The number of nitro groups is 1. The Morgan fingerprint density at radius 3 is 2.32 bits per heavy atom. The van der Waals surface area contributed by atoms with Crippen LogP contribution in [0.25, 0.3) is 10.8 Å². The van der Waals surface area contributed by atoms with Gasteiger partial charge in [-0.15, -0.1) is 0 Å². The molecule has 41 heavy (non-hydrogen) atoms. The van der Waals surface area contributed by atoms with Crippen molar-refractivity contribution in [2.75, 3.05) is 5.32 Å². The second-order valence-corrected chi connectivity index (χ2v) is 9.59. The second-order valence-electron chi connectivity index (χ2n) is 9.15. The molecule has 0 aliphatic heterocycles. The molecule has 11 heteroatoms. The number of Topliss-reactive ketones (excluding diaryl/α,β-unsaturated/α-hetero) is 1. The zero-order chi connectivity index (χ0) is 29.4. The van der Waals surface area contributed by atoms with Gasteiger partial charge >= 0.3 is 0 Å². The lowest BCUT2D eigenvalue weighted by atomic mass is 10.0. The van der Waals surface area contributed by atoms with Crippen LogP contribution in [0.15, 0.2) is 90.0 Å². The van der Waals surface area contributed by atoms with Crippen molar-refractivity contribution in [2.45, 2.75) is 25.7 Å². The number of nitrogens with one attached hydrogen (secondary N) is 2. The minimum Gasteiger partial charge on any atom is -0.507 e. The van der Waals surface area contributed by atoms with Crippen molar-refractivity contribution in [1.29, 1.82) is 0 Å². The molecule has 4 aromatic carbocycles. The number of carbonyl (C=O) groups is 3. The Bertz CT molecular complexity index is 1650. The van der Waals surface area contributed by atoms with Crippen molar-refractivity contribution in [3.63, 3.8) is 0 Å². The molecular formula is C30H25ClN4O6. The zero-order valence-electron chi connectivity index (χ0n) is 21.7. The molecule has 0 aliphatic rings. The number of rotatable bonds is 11. The van der Waals surface area contributed by atoms with Crippen LogP contribution in [0.2, 0.25) is 5.02 Å². The molecule has 208 valence electrons. The lowest BCUT2D eigenvalue weighted by Gasteiger charge is -2.10. The molecule has 0 spiro atoms. The fourth-order valence-corrected chi connectivity index (χ4v) is 4.21. The largest absolute Gasteiger partial charge is 0.507 e. The van der Waals surface area contributed by atoms with Crippen LogP contribution in [0, 0.1) is 10.1 Å². The summed E-state index contributed by atoms with van der Waals surface area (Å²) in [5.74, 6) is -1.51. The fourth-order valence-electron chi connectivity index (χ4n) is 4.08. The molecule has 0 fully saturated rings. The highest BCUT2D eigenvalue weighted by atomic mass is 35.5. The van der Waals surface area contributed by atoms with Crippen molar-refractivity contribution >= 4 is 57.1 Å². The normalized spacial score (nSPS) is 11.2. The third-order valence-electron chi connectivity index (χ3n) is 6.16. The molecule has 0 bridgehead atoms. The molecule has 0 atom stereocenters. The first-order chi connectivity index (χ1) is 19.7. The number of ketones is 1. The number of phenolic OH excluding ortho intramolecular Hbond substituents is 1. The molecule has 2 amide bonds. The summed E-state index contributed by atoms with van der Waals surface area (Å²) in [7, 11) is 0. The average Bonchev–Trinajstić information content (AvgIpc) is 2.95. The third-order valence-corrected chi connectivity index (χ3v) is 6.42. The molecule has 0 saturated carbocycles. The van der Waals surface area contributed by atoms with Gasteiger partial charge in [0, 0.05) is 40.5 Å². The van der Waals surface area contributed by atoms with Crippen LogP contribution in [-0.4, -0.2) is 33.3 Å². The quantitative estimate of drug-likeness (QED) is 0.0833. The van der Waals surface area contributed by atoms with Gasteiger partial charge in [0.2, 0.25) is 5.91 Å². The number of fused-ring (bicyclic) bond motifs is 1. The minimum atomic E-state index is -0.659. The zero-order valence-corrected chi connectivity index (χ0v) is 22.4. The summed E-state index contributed by atoms with van der Waals surface area (Å²) in [6, 6.07) is 22.2. The van der Waals surface area contributed by atoms with Crippen molar-refractivity contribution in [2.24, 2.45) is 5.10 Å². The van der Waals surface area contributed by atoms with Gasteiger partial charge in [0.25, 0.3) is 11.6 Å². The highest BCUT2D eigenvalue weighted by Gasteiger charge is 2.16. The summed E-state index contributed by atoms with van der Waals surface area (Å²) < 4.78 is 0. The van der Waals surface area contributed by atoms with E-state index in [4.69, 9.17) is 11.6 Å². The summed E-state index contributed by atoms with van der Waals surface area (Å²) in [6.07, 6.45) is 0.393. The van der Waals surface area contributed by atoms with Crippen molar-refractivity contribution in [3.05, 3.63) is 111 Å². The van der Waals surface area contributed by atoms with E-state index in [0.29, 0.717) is 22.0 Å². The first-order valence-corrected chi connectivity index (χ1v) is 13.0. The SMILES string of the molecule is O=C(CCC/C(CC(=O)c1ccc(Cl)cc1)=N/NC(=O)c1cc2ccccc2cc1O)Nc1cccc([N+](=O)[O-])c1. The Balaban J connectivity index is 1.45. The molecule has 0 aliphatic carbocycles. The van der Waals surface area contributed by atoms with Gasteiger partial charge in [0.15, 0.2) is 5.78 Å². The molecule has 4 aromatic rings. The molecule has 3 N–H and O–H groups in total. The van der Waals surface area contributed by atoms with E-state index in [1.54, 1.807) is 36.4 Å². The lowest BCUT2D eigenvalue weighted by molar-refractivity contribution is -0.384. The van der Waals surface area contributed by atoms with E-state index >= 15 is 0 Å². The molecular weight excluding hydrogens is 548 g/mol. The van der Waals surface area contributed by atoms with Crippen molar-refractivity contribution in [3.8, 4) is 5.75 Å². The highest BCUT2D eigenvalue weighted by Crippen LogP contribution is 2.25. The first-order valence-electron chi connectivity index (χ1n) is 12.6. The number of hydrazone groups is 1. The van der Waals surface area contributed by atoms with Gasteiger partial charge in [-0.05, 0) is 66.1 Å². The van der Waals surface area contributed by atoms with Crippen LogP contribution in [0.5, 0.6) is 5.75 Å². The maximum Gasteiger partial charge on any atom is 0.275 e. The second kappa shape index (κ2) is 13.3. The number of aromatic hydroxyl groups is 1. The van der Waals surface area contributed by atoms with Gasteiger partial charge in [0.05, 0.1) is 16.9 Å². The Morgan fingerprint density at radius 2 is 1.61 bits per heavy atom. The van der Waals surface area contributed by atoms with E-state index in [1.807, 2.05) is 24.3 Å². The predicted octanol–water partition coefficient (Wildman–Crippen LogP) is 6.27. The number of hydrogen-bond acceptors (Lipinski definition) is 7. The summed E-state index contributed by atoms with van der Waals surface area (Å²) in [5, 5.41) is 30.1. The van der Waals surface area contributed by atoms with E-state index < -0.39 is 10.8 Å². The van der Waals surface area contributed by atoms with Gasteiger partial charge in [-0.25, -0.2) is 5.43 Å². The van der Waals surface area contributed by atoms with Crippen molar-refractivity contribution < 1.29 is 24.4 Å². The molecule has 0 radical (unpaired) electrons. The van der Waals surface area contributed by atoms with Crippen LogP contribution in [0.3, 0.4) is 0 Å². The minimum absolute atomic E-state index is 0.0205. The van der Waals surface area contributed by atoms with Gasteiger partial charge in [-0.3, -0.25) is 24.5 Å². The fraction of sp³-hybridized carbons (Fsp3) is 0.133. The van der Waals surface area contributed by atoms with E-state index in [9.17, 15) is 29.6 Å². The summed E-state index contributed by atoms with van der Waals surface area (Å²) in [5.41, 5.74) is 3.31. The molecule has 0 saturated heterocycles. The topological polar surface area (TPSA) is 151 Å². The van der Waals surface area contributed by atoms with Gasteiger partial charge in [0.1, 0.15) is 5.75 Å². The van der Waals surface area contributed by atoms with Gasteiger partial charge < -0.3 is 10.4 Å². The number of hydrogen-bond donors (Lipinski definition) is 3. The Kier molecular flexibility index (Phi) is 9.39. The molecule has 10 nitrogen and oxygen atoms in total. The number of anilines is 1. The number of carbonyl (C=O) groups excluding carboxylic acids is 3. The number of halogens is 1. The Hall–Kier alpha value is -5.09. The summed E-state index contributed by atoms with van der Waals surface area (Å²) >= 11 is 5.92. The van der Waals surface area contributed by atoms with E-state index in [0.717, 1.165) is 10.8 Å². The smallest absolute Gasteiger partial charge is 0.275 e. The van der Waals surface area contributed by atoms with Crippen LogP contribution in [0.4, 0.5) is 11.4 Å². The van der Waals surface area contributed by atoms with Gasteiger partial charge in [-0.1, -0.05) is 41.9 Å². The van der Waals surface area contributed by atoms with Crippen LogP contribution >= 0.6 is 11.6 Å². The summed E-state index contributed by atoms with van der Waals surface area (Å²) in [4.78, 5) is 48.6. The number of benzene rings is 4. The maximum atomic E-state index is 12.9. The average molecular weight is 573 g/mol. The van der Waals surface area contributed by atoms with Crippen LogP contribution < -0.4 is 10.7 Å². The molecule has 4 rings (SSSR count). The molecule has 0 aromatic heterocycles. The number of nitrogens with zero attached hydrogens (tertiary/aromatic N) is 2. The number of nitro benzene ring substituents is 1. The van der Waals surface area contributed by atoms with Gasteiger partial charge in [-0.2, -0.15) is 5.10 Å². The van der Waals surface area contributed by atoms with E-state index in [-0.39, 0.29) is 54.4 Å². The van der Waals surface area contributed by atoms with Crippen molar-refractivity contribution in [1.82, 2.24) is 5.43 Å². The number of amides is 2. The maximum absolute atomic E-state index is 12.9. The number of non-ortho nitro benzene ring substituents is 1. The Labute approximate surface area is 239 Å². The highest BCUT2D eigenvalue weighted by molar-refractivity contribution is 6.30. The summed E-state index contributed by atoms with van der Waals surface area (Å²) in [6.45, 7) is 0.